The molecule has 0 aliphatic carbocycles. The zero-order chi connectivity index (χ0) is 23.7. The molecule has 1 fully saturated rings. The van der Waals surface area contributed by atoms with Gasteiger partial charge >= 0.3 is 18.4 Å². The monoisotopic (exact) mass is 481 g/mol. The van der Waals surface area contributed by atoms with E-state index in [2.05, 4.69) is 4.98 Å². The van der Waals surface area contributed by atoms with Crippen molar-refractivity contribution in [1.29, 1.82) is 0 Å². The summed E-state index contributed by atoms with van der Waals surface area (Å²) < 4.78 is 76.7. The number of piperazine rings is 1. The summed E-state index contributed by atoms with van der Waals surface area (Å²) in [7, 11) is 0. The van der Waals surface area contributed by atoms with E-state index < -0.39 is 35.4 Å². The maximum absolute atomic E-state index is 12.8. The van der Waals surface area contributed by atoms with E-state index in [1.807, 2.05) is 5.32 Å². The molecule has 172 valence electrons. The second-order valence-electron chi connectivity index (χ2n) is 6.89. The molecule has 13 heteroatoms. The number of benzene rings is 1. The van der Waals surface area contributed by atoms with Crippen LogP contribution in [0.3, 0.4) is 0 Å². The molecule has 0 bridgehead atoms. The molecule has 1 aromatic heterocycles. The van der Waals surface area contributed by atoms with Gasteiger partial charge in [0.05, 0.1) is 24.2 Å². The summed E-state index contributed by atoms with van der Waals surface area (Å²) in [6, 6.07) is 3.66. The fourth-order valence-electron chi connectivity index (χ4n) is 3.09. The van der Waals surface area contributed by atoms with Gasteiger partial charge in [0.1, 0.15) is 24.3 Å². The van der Waals surface area contributed by atoms with Crippen molar-refractivity contribution < 1.29 is 40.9 Å². The van der Waals surface area contributed by atoms with E-state index in [4.69, 9.17) is 11.6 Å². The number of amides is 3. The Kier molecular flexibility index (Phi) is 6.54. The minimum absolute atomic E-state index is 0.104. The first-order valence-corrected chi connectivity index (χ1v) is 9.55. The van der Waals surface area contributed by atoms with E-state index in [1.54, 1.807) is 4.90 Å². The van der Waals surface area contributed by atoms with Gasteiger partial charge < -0.3 is 4.90 Å². The molecule has 1 aliphatic heterocycles. The van der Waals surface area contributed by atoms with Crippen molar-refractivity contribution in [1.82, 2.24) is 10.2 Å². The van der Waals surface area contributed by atoms with E-state index in [0.717, 1.165) is 30.5 Å². The highest BCUT2D eigenvalue weighted by atomic mass is 35.5. The van der Waals surface area contributed by atoms with Crippen molar-refractivity contribution in [2.75, 3.05) is 31.1 Å². The van der Waals surface area contributed by atoms with Crippen LogP contribution >= 0.6 is 11.6 Å². The molecule has 0 atom stereocenters. The van der Waals surface area contributed by atoms with Crippen molar-refractivity contribution in [2.24, 2.45) is 0 Å². The molecule has 3 amide bonds. The largest absolute Gasteiger partial charge is 0.419 e. The van der Waals surface area contributed by atoms with Crippen LogP contribution in [-0.4, -0.2) is 43.0 Å². The SMILES string of the molecule is O=C(NC(=O)N1CCN(c2[nH+]cc(C(F)(F)F)cc2Cl)CC1)c1cccc(C(F)(F)F)c1. The molecule has 2 N–H and O–H groups in total. The smallest absolute Gasteiger partial charge is 0.317 e. The number of rotatable bonds is 2. The Hall–Kier alpha value is -3.02. The Morgan fingerprint density at radius 2 is 1.56 bits per heavy atom. The Bertz CT molecular complexity index is 1020. The number of hydrogen-bond donors (Lipinski definition) is 1. The number of aromatic amines is 1. The third kappa shape index (κ3) is 5.42. The maximum Gasteiger partial charge on any atom is 0.419 e. The minimum Gasteiger partial charge on any atom is -0.317 e. The van der Waals surface area contributed by atoms with Crippen molar-refractivity contribution >= 4 is 29.4 Å². The lowest BCUT2D eigenvalue weighted by atomic mass is 10.1. The first-order valence-electron chi connectivity index (χ1n) is 9.17. The highest BCUT2D eigenvalue weighted by molar-refractivity contribution is 6.32. The normalized spacial score (nSPS) is 15.0. The third-order valence-electron chi connectivity index (χ3n) is 4.76. The molecular weight excluding hydrogens is 466 g/mol. The number of pyridine rings is 1. The Morgan fingerprint density at radius 3 is 2.12 bits per heavy atom. The van der Waals surface area contributed by atoms with Crippen LogP contribution in [0.1, 0.15) is 21.5 Å². The molecule has 1 aliphatic rings. The highest BCUT2D eigenvalue weighted by Gasteiger charge is 2.35. The number of nitrogens with one attached hydrogen (secondary N) is 2. The number of carbonyl (C=O) groups excluding carboxylic acids is 2. The van der Waals surface area contributed by atoms with Gasteiger partial charge in [0.25, 0.3) is 11.7 Å². The average Bonchev–Trinajstić information content (AvgIpc) is 2.72. The first kappa shape index (κ1) is 23.6. The van der Waals surface area contributed by atoms with Crippen LogP contribution in [0.15, 0.2) is 36.5 Å². The van der Waals surface area contributed by atoms with Crippen LogP contribution in [0.25, 0.3) is 0 Å². The molecule has 6 nitrogen and oxygen atoms in total. The molecule has 32 heavy (non-hydrogen) atoms. The van der Waals surface area contributed by atoms with Crippen LogP contribution in [0.5, 0.6) is 0 Å². The van der Waals surface area contributed by atoms with Crippen molar-refractivity contribution in [3.63, 3.8) is 0 Å². The summed E-state index contributed by atoms with van der Waals surface area (Å²) >= 11 is 5.96. The Balaban J connectivity index is 1.60. The van der Waals surface area contributed by atoms with Crippen LogP contribution in [0.4, 0.5) is 37.0 Å². The molecule has 0 saturated carbocycles. The van der Waals surface area contributed by atoms with Crippen LogP contribution in [0, 0.1) is 0 Å². The van der Waals surface area contributed by atoms with Gasteiger partial charge in [-0.25, -0.2) is 9.78 Å². The summed E-state index contributed by atoms with van der Waals surface area (Å²) in [5.41, 5.74) is -2.27. The molecule has 0 spiro atoms. The fraction of sp³-hybridized carbons (Fsp3) is 0.316. The quantitative estimate of drug-likeness (QED) is 0.662. The number of urea groups is 1. The molecule has 0 unspecified atom stereocenters. The van der Waals surface area contributed by atoms with E-state index in [-0.39, 0.29) is 42.6 Å². The highest BCUT2D eigenvalue weighted by Crippen LogP contribution is 2.32. The zero-order valence-electron chi connectivity index (χ0n) is 16.1. The van der Waals surface area contributed by atoms with Crippen molar-refractivity contribution in [3.8, 4) is 0 Å². The fourth-order valence-corrected chi connectivity index (χ4v) is 3.38. The van der Waals surface area contributed by atoms with Crippen molar-refractivity contribution in [2.45, 2.75) is 12.4 Å². The number of nitrogens with zero attached hydrogens (tertiary/aromatic N) is 2. The predicted molar refractivity (Wildman–Crippen MR) is 101 cm³/mol. The summed E-state index contributed by atoms with van der Waals surface area (Å²) in [6.45, 7) is 0.610. The average molecular weight is 482 g/mol. The van der Waals surface area contributed by atoms with Crippen LogP contribution < -0.4 is 15.2 Å². The first-order chi connectivity index (χ1) is 14.9. The van der Waals surface area contributed by atoms with Gasteiger partial charge in [-0.3, -0.25) is 15.0 Å². The zero-order valence-corrected chi connectivity index (χ0v) is 16.9. The lowest BCUT2D eigenvalue weighted by Gasteiger charge is -2.31. The topological polar surface area (TPSA) is 66.8 Å². The number of hydrogen-bond acceptors (Lipinski definition) is 3. The standard InChI is InChI=1S/C19H15ClF6N4O2/c20-14-9-13(19(24,25)26)10-27-15(14)29-4-6-30(7-5-29)17(32)28-16(31)11-2-1-3-12(8-11)18(21,22)23/h1-3,8-10H,4-7H2,(H,28,31,32)/p+1. The van der Waals surface area contributed by atoms with Crippen molar-refractivity contribution in [3.05, 3.63) is 58.2 Å². The van der Waals surface area contributed by atoms with Crippen LogP contribution in [-0.2, 0) is 12.4 Å². The van der Waals surface area contributed by atoms with E-state index in [1.165, 1.54) is 4.90 Å². The van der Waals surface area contributed by atoms with Gasteiger partial charge in [-0.1, -0.05) is 17.7 Å². The minimum atomic E-state index is -4.63. The van der Waals surface area contributed by atoms with Gasteiger partial charge in [0.2, 0.25) is 0 Å². The van der Waals surface area contributed by atoms with Gasteiger partial charge in [0.15, 0.2) is 0 Å². The van der Waals surface area contributed by atoms with E-state index in [9.17, 15) is 35.9 Å². The van der Waals surface area contributed by atoms with Gasteiger partial charge in [-0.05, 0) is 24.3 Å². The number of imide groups is 1. The number of anilines is 1. The number of halogens is 7. The predicted octanol–water partition coefficient (Wildman–Crippen LogP) is 3.86. The maximum atomic E-state index is 12.8. The molecule has 0 radical (unpaired) electrons. The van der Waals surface area contributed by atoms with Gasteiger partial charge in [0, 0.05) is 5.56 Å². The summed E-state index contributed by atoms with van der Waals surface area (Å²) in [4.78, 5) is 29.9. The molecular formula is C19H16ClF6N4O2+. The lowest BCUT2D eigenvalue weighted by molar-refractivity contribution is -0.367. The van der Waals surface area contributed by atoms with Crippen LogP contribution in [0.2, 0.25) is 5.02 Å². The molecule has 1 aromatic carbocycles. The lowest BCUT2D eigenvalue weighted by Crippen LogP contribution is -2.53. The van der Waals surface area contributed by atoms with E-state index >= 15 is 0 Å². The number of aromatic nitrogens is 1. The second kappa shape index (κ2) is 8.85. The number of alkyl halides is 6. The molecule has 2 heterocycles. The molecule has 2 aromatic rings. The summed E-state index contributed by atoms with van der Waals surface area (Å²) in [6.07, 6.45) is -8.40. The molecule has 1 saturated heterocycles. The summed E-state index contributed by atoms with van der Waals surface area (Å²) in [5.74, 6) is -0.734. The molecule has 3 rings (SSSR count). The Morgan fingerprint density at radius 1 is 0.938 bits per heavy atom. The number of carbonyl (C=O) groups is 2. The second-order valence-corrected chi connectivity index (χ2v) is 7.30. The van der Waals surface area contributed by atoms with Gasteiger partial charge in [-0.15, -0.1) is 0 Å². The van der Waals surface area contributed by atoms with Gasteiger partial charge in [-0.2, -0.15) is 26.3 Å². The summed E-state index contributed by atoms with van der Waals surface area (Å²) in [5, 5.41) is 1.90. The number of H-pyrrole nitrogens is 1. The third-order valence-corrected chi connectivity index (χ3v) is 5.04. The Labute approximate surface area is 182 Å². The van der Waals surface area contributed by atoms with E-state index in [0.29, 0.717) is 6.07 Å².